The second kappa shape index (κ2) is 8.41. The van der Waals surface area contributed by atoms with Gasteiger partial charge in [-0.15, -0.1) is 10.2 Å². The van der Waals surface area contributed by atoms with Gasteiger partial charge in [0.15, 0.2) is 0 Å². The number of rotatable bonds is 6. The molecule has 2 aromatic carbocycles. The van der Waals surface area contributed by atoms with Crippen molar-refractivity contribution in [2.45, 2.75) is 17.7 Å². The molecule has 0 saturated carbocycles. The highest BCUT2D eigenvalue weighted by Gasteiger charge is 2.25. The summed E-state index contributed by atoms with van der Waals surface area (Å²) in [7, 11) is -2.50. The van der Waals surface area contributed by atoms with Crippen LogP contribution in [0.25, 0.3) is 10.6 Å². The van der Waals surface area contributed by atoms with Crippen LogP contribution in [0.4, 0.5) is 5.13 Å². The molecule has 1 aliphatic rings. The lowest BCUT2D eigenvalue weighted by Gasteiger charge is -2.18. The average Bonchev–Trinajstić information content (AvgIpc) is 3.45. The molecule has 1 aliphatic heterocycles. The summed E-state index contributed by atoms with van der Waals surface area (Å²) in [5.41, 5.74) is 1.08. The molecule has 0 aliphatic carbocycles. The Labute approximate surface area is 178 Å². The number of aromatic nitrogens is 2. The number of hydrogen-bond donors (Lipinski definition) is 1. The minimum absolute atomic E-state index is 0.0395. The van der Waals surface area contributed by atoms with Crippen LogP contribution in [0.15, 0.2) is 53.4 Å². The summed E-state index contributed by atoms with van der Waals surface area (Å²) in [4.78, 5) is 14.5. The number of likely N-dealkylation sites (tertiary alicyclic amines) is 1. The number of amides is 1. The molecule has 0 unspecified atom stereocenters. The van der Waals surface area contributed by atoms with E-state index in [9.17, 15) is 13.2 Å². The summed E-state index contributed by atoms with van der Waals surface area (Å²) in [6.45, 7) is 1.31. The molecule has 156 valence electrons. The third kappa shape index (κ3) is 4.14. The molecule has 1 N–H and O–H groups in total. The number of benzene rings is 2. The Morgan fingerprint density at radius 1 is 1.10 bits per heavy atom. The predicted molar refractivity (Wildman–Crippen MR) is 114 cm³/mol. The van der Waals surface area contributed by atoms with Crippen LogP contribution in [-0.2, 0) is 10.0 Å². The molecule has 4 rings (SSSR count). The highest BCUT2D eigenvalue weighted by atomic mass is 32.2. The summed E-state index contributed by atoms with van der Waals surface area (Å²) < 4.78 is 33.5. The fourth-order valence-corrected chi connectivity index (χ4v) is 5.25. The Morgan fingerprint density at radius 3 is 2.53 bits per heavy atom. The Balaban J connectivity index is 1.60. The van der Waals surface area contributed by atoms with Crippen molar-refractivity contribution in [3.63, 3.8) is 0 Å². The van der Waals surface area contributed by atoms with E-state index >= 15 is 0 Å². The smallest absolute Gasteiger partial charge is 0.263 e. The number of nitrogens with zero attached hydrogens (tertiary/aromatic N) is 3. The number of hydrogen-bond acceptors (Lipinski definition) is 7. The number of anilines is 1. The summed E-state index contributed by atoms with van der Waals surface area (Å²) in [5, 5.41) is 8.74. The summed E-state index contributed by atoms with van der Waals surface area (Å²) in [5.74, 6) is 0.108. The van der Waals surface area contributed by atoms with Crippen molar-refractivity contribution in [3.8, 4) is 16.3 Å². The Hall–Kier alpha value is -2.98. The lowest BCUT2D eigenvalue weighted by Crippen LogP contribution is -2.28. The van der Waals surface area contributed by atoms with Gasteiger partial charge in [0.1, 0.15) is 10.8 Å². The molecule has 8 nitrogen and oxygen atoms in total. The first-order valence-electron chi connectivity index (χ1n) is 9.37. The minimum atomic E-state index is -3.96. The van der Waals surface area contributed by atoms with Crippen LogP contribution in [0.2, 0.25) is 0 Å². The van der Waals surface area contributed by atoms with Gasteiger partial charge in [-0.2, -0.15) is 0 Å². The maximum absolute atomic E-state index is 12.9. The lowest BCUT2D eigenvalue weighted by atomic mass is 10.1. The van der Waals surface area contributed by atoms with Gasteiger partial charge in [-0.25, -0.2) is 8.42 Å². The third-order valence-corrected chi connectivity index (χ3v) is 7.13. The Kier molecular flexibility index (Phi) is 5.69. The van der Waals surface area contributed by atoms with Crippen LogP contribution in [0.5, 0.6) is 5.75 Å². The van der Waals surface area contributed by atoms with Gasteiger partial charge in [-0.1, -0.05) is 41.7 Å². The molecule has 30 heavy (non-hydrogen) atoms. The van der Waals surface area contributed by atoms with Gasteiger partial charge in [0.25, 0.3) is 15.9 Å². The number of carbonyl (C=O) groups is 1. The van der Waals surface area contributed by atoms with Crippen LogP contribution in [0.3, 0.4) is 0 Å². The standard InChI is InChI=1S/C20H20N4O4S2/c1-28-17-10-9-15(13-16(17)19(25)24-11-5-6-12-24)30(26,27)23-20-22-21-18(29-20)14-7-3-2-4-8-14/h2-4,7-10,13H,5-6,11-12H2,1H3,(H,22,23). The van der Waals surface area contributed by atoms with E-state index < -0.39 is 10.0 Å². The van der Waals surface area contributed by atoms with Crippen LogP contribution < -0.4 is 9.46 Å². The van der Waals surface area contributed by atoms with E-state index in [-0.39, 0.29) is 21.5 Å². The molecule has 0 spiro atoms. The molecule has 1 amide bonds. The second-order valence-corrected chi connectivity index (χ2v) is 9.41. The van der Waals surface area contributed by atoms with Crippen molar-refractivity contribution in [3.05, 3.63) is 54.1 Å². The molecule has 1 saturated heterocycles. The largest absolute Gasteiger partial charge is 0.496 e. The molecular formula is C20H20N4O4S2. The zero-order valence-corrected chi connectivity index (χ0v) is 17.9. The van der Waals surface area contributed by atoms with E-state index in [4.69, 9.17) is 4.74 Å². The minimum Gasteiger partial charge on any atom is -0.496 e. The van der Waals surface area contributed by atoms with Gasteiger partial charge < -0.3 is 9.64 Å². The van der Waals surface area contributed by atoms with Crippen molar-refractivity contribution < 1.29 is 17.9 Å². The van der Waals surface area contributed by atoms with E-state index in [1.807, 2.05) is 30.3 Å². The Bertz CT molecular complexity index is 1160. The topological polar surface area (TPSA) is 101 Å². The number of ether oxygens (including phenoxy) is 1. The van der Waals surface area contributed by atoms with E-state index in [2.05, 4.69) is 14.9 Å². The van der Waals surface area contributed by atoms with Crippen LogP contribution in [-0.4, -0.2) is 49.6 Å². The Morgan fingerprint density at radius 2 is 1.83 bits per heavy atom. The SMILES string of the molecule is COc1ccc(S(=O)(=O)Nc2nnc(-c3ccccc3)s2)cc1C(=O)N1CCCC1. The zero-order valence-electron chi connectivity index (χ0n) is 16.2. The van der Waals surface area contributed by atoms with Crippen molar-refractivity contribution >= 4 is 32.4 Å². The predicted octanol–water partition coefficient (Wildman–Crippen LogP) is 3.25. The summed E-state index contributed by atoms with van der Waals surface area (Å²) >= 11 is 1.13. The number of sulfonamides is 1. The van der Waals surface area contributed by atoms with Gasteiger partial charge in [-0.3, -0.25) is 9.52 Å². The molecule has 2 heterocycles. The van der Waals surface area contributed by atoms with Crippen molar-refractivity contribution in [2.24, 2.45) is 0 Å². The van der Waals surface area contributed by atoms with Crippen molar-refractivity contribution in [1.29, 1.82) is 0 Å². The monoisotopic (exact) mass is 444 g/mol. The fourth-order valence-electron chi connectivity index (χ4n) is 3.25. The van der Waals surface area contributed by atoms with Crippen LogP contribution >= 0.6 is 11.3 Å². The first-order valence-corrected chi connectivity index (χ1v) is 11.7. The first-order chi connectivity index (χ1) is 14.5. The zero-order chi connectivity index (χ0) is 21.1. The van der Waals surface area contributed by atoms with Gasteiger partial charge in [-0.05, 0) is 31.0 Å². The van der Waals surface area contributed by atoms with E-state index in [1.165, 1.54) is 25.3 Å². The number of methoxy groups -OCH3 is 1. The van der Waals surface area contributed by atoms with Crippen molar-refractivity contribution in [1.82, 2.24) is 15.1 Å². The summed E-state index contributed by atoms with van der Waals surface area (Å²) in [6, 6.07) is 13.6. The molecular weight excluding hydrogens is 424 g/mol. The van der Waals surface area contributed by atoms with Gasteiger partial charge >= 0.3 is 0 Å². The van der Waals surface area contributed by atoms with Gasteiger partial charge in [0.2, 0.25) is 5.13 Å². The molecule has 0 atom stereocenters. The highest BCUT2D eigenvalue weighted by molar-refractivity contribution is 7.93. The maximum Gasteiger partial charge on any atom is 0.263 e. The van der Waals surface area contributed by atoms with Crippen LogP contribution in [0.1, 0.15) is 23.2 Å². The van der Waals surface area contributed by atoms with E-state index in [1.54, 1.807) is 4.90 Å². The van der Waals surface area contributed by atoms with Crippen LogP contribution in [0, 0.1) is 0 Å². The second-order valence-electron chi connectivity index (χ2n) is 6.75. The highest BCUT2D eigenvalue weighted by Crippen LogP contribution is 2.29. The molecule has 0 radical (unpaired) electrons. The molecule has 10 heteroatoms. The van der Waals surface area contributed by atoms with Gasteiger partial charge in [0, 0.05) is 18.7 Å². The molecule has 1 fully saturated rings. The number of nitrogens with one attached hydrogen (secondary N) is 1. The maximum atomic E-state index is 12.9. The fraction of sp³-hybridized carbons (Fsp3) is 0.250. The molecule has 0 bridgehead atoms. The first kappa shape index (κ1) is 20.3. The van der Waals surface area contributed by atoms with Gasteiger partial charge in [0.05, 0.1) is 17.6 Å². The molecule has 1 aromatic heterocycles. The van der Waals surface area contributed by atoms with Crippen molar-refractivity contribution in [2.75, 3.05) is 24.9 Å². The number of carbonyl (C=O) groups excluding carboxylic acids is 1. The van der Waals surface area contributed by atoms with E-state index in [0.29, 0.717) is 23.8 Å². The average molecular weight is 445 g/mol. The van der Waals surface area contributed by atoms with E-state index in [0.717, 1.165) is 29.7 Å². The normalized spacial score (nSPS) is 14.0. The third-order valence-electron chi connectivity index (χ3n) is 4.77. The summed E-state index contributed by atoms with van der Waals surface area (Å²) in [6.07, 6.45) is 1.88. The molecule has 3 aromatic rings. The lowest BCUT2D eigenvalue weighted by molar-refractivity contribution is 0.0789. The quantitative estimate of drug-likeness (QED) is 0.626.